The van der Waals surface area contributed by atoms with Gasteiger partial charge in [-0.3, -0.25) is 14.6 Å². The molecule has 0 bridgehead atoms. The van der Waals surface area contributed by atoms with E-state index in [1.165, 1.54) is 28.5 Å². The number of aromatic nitrogens is 4. The number of thiazole rings is 1. The first-order chi connectivity index (χ1) is 17.0. The third-order valence-corrected chi connectivity index (χ3v) is 7.33. The van der Waals surface area contributed by atoms with Crippen LogP contribution >= 0.6 is 11.3 Å². The van der Waals surface area contributed by atoms with Gasteiger partial charge in [-0.15, -0.1) is 11.3 Å². The summed E-state index contributed by atoms with van der Waals surface area (Å²) in [6.07, 6.45) is -2.45. The molecule has 1 atom stereocenters. The Balaban J connectivity index is 1.31. The maximum Gasteiger partial charge on any atom is 0.403 e. The van der Waals surface area contributed by atoms with E-state index < -0.39 is 41.3 Å². The molecule has 1 saturated carbocycles. The molecule has 9 nitrogen and oxygen atoms in total. The Morgan fingerprint density at radius 2 is 1.92 bits per heavy atom. The molecular formula is C22H21F4N7O2S. The van der Waals surface area contributed by atoms with Crippen molar-refractivity contribution in [2.45, 2.75) is 44.9 Å². The van der Waals surface area contributed by atoms with Crippen molar-refractivity contribution in [1.82, 2.24) is 30.2 Å². The molecule has 1 aliphatic carbocycles. The molecule has 2 fully saturated rings. The van der Waals surface area contributed by atoms with Crippen LogP contribution in [-0.4, -0.2) is 62.0 Å². The number of anilines is 1. The summed E-state index contributed by atoms with van der Waals surface area (Å²) in [7, 11) is 0. The Morgan fingerprint density at radius 3 is 2.56 bits per heavy atom. The second-order valence-electron chi connectivity index (χ2n) is 9.04. The van der Waals surface area contributed by atoms with Crippen molar-refractivity contribution in [3.05, 3.63) is 40.5 Å². The molecule has 0 radical (unpaired) electrons. The number of hydrogen-bond acceptors (Lipinski definition) is 8. The number of hydrogen-bond donors (Lipinski definition) is 2. The summed E-state index contributed by atoms with van der Waals surface area (Å²) >= 11 is 1.25. The highest BCUT2D eigenvalue weighted by Crippen LogP contribution is 2.57. The van der Waals surface area contributed by atoms with Crippen LogP contribution in [0.25, 0.3) is 10.3 Å². The fourth-order valence-electron chi connectivity index (χ4n) is 4.05. The number of aryl methyl sites for hydroxylation is 1. The molecule has 1 saturated heterocycles. The number of alkyl halides is 3. The minimum Gasteiger partial charge on any atom is -0.349 e. The van der Waals surface area contributed by atoms with Crippen molar-refractivity contribution < 1.29 is 27.2 Å². The van der Waals surface area contributed by atoms with Gasteiger partial charge in [0.2, 0.25) is 11.9 Å². The number of carbonyl (C=O) groups excluding carboxylic acids is 2. The summed E-state index contributed by atoms with van der Waals surface area (Å²) in [5.41, 5.74) is -1.34. The maximum atomic E-state index is 13.6. The molecule has 36 heavy (non-hydrogen) atoms. The molecule has 2 aliphatic rings. The molecule has 2 amide bonds. The number of fused-ring (bicyclic) bond motifs is 1. The average Bonchev–Trinajstić information content (AvgIpc) is 3.52. The first-order valence-corrected chi connectivity index (χ1v) is 12.0. The van der Waals surface area contributed by atoms with Gasteiger partial charge in [0.15, 0.2) is 11.3 Å². The molecule has 0 aromatic carbocycles. The summed E-state index contributed by atoms with van der Waals surface area (Å²) < 4.78 is 53.6. The third kappa shape index (κ3) is 4.33. The van der Waals surface area contributed by atoms with E-state index >= 15 is 0 Å². The number of amides is 2. The minimum atomic E-state index is -4.59. The first-order valence-electron chi connectivity index (χ1n) is 11.2. The summed E-state index contributed by atoms with van der Waals surface area (Å²) in [5.74, 6) is -1.87. The molecule has 3 aromatic rings. The molecule has 0 unspecified atom stereocenters. The highest BCUT2D eigenvalue weighted by atomic mass is 32.1. The molecule has 14 heteroatoms. The lowest BCUT2D eigenvalue weighted by Crippen LogP contribution is -2.62. The lowest BCUT2D eigenvalue weighted by atomic mass is 10.0. The van der Waals surface area contributed by atoms with Gasteiger partial charge in [0, 0.05) is 19.3 Å². The quantitative estimate of drug-likeness (QED) is 0.477. The highest BCUT2D eigenvalue weighted by Gasteiger charge is 2.68. The van der Waals surface area contributed by atoms with E-state index in [9.17, 15) is 27.2 Å². The third-order valence-electron chi connectivity index (χ3n) is 6.37. The monoisotopic (exact) mass is 523 g/mol. The van der Waals surface area contributed by atoms with Crippen molar-refractivity contribution in [1.29, 1.82) is 0 Å². The fraction of sp³-hybridized carbons (Fsp3) is 0.455. The van der Waals surface area contributed by atoms with Crippen LogP contribution in [0.5, 0.6) is 0 Å². The molecule has 2 N–H and O–H groups in total. The number of likely N-dealkylation sites (tertiary alicyclic amines) is 1. The van der Waals surface area contributed by atoms with Gasteiger partial charge >= 0.3 is 6.18 Å². The number of halogens is 4. The SMILES string of the molecule is Cc1nc2nc(N[C@@H](C)c3cncc(F)c3)nc(C(=O)N3CC(NC(=O)C4(C(F)(F)F)CC4)C3)c2s1. The van der Waals surface area contributed by atoms with Crippen molar-refractivity contribution in [2.24, 2.45) is 5.41 Å². The molecule has 0 spiro atoms. The number of pyridine rings is 1. The Morgan fingerprint density at radius 1 is 1.19 bits per heavy atom. The largest absolute Gasteiger partial charge is 0.403 e. The topological polar surface area (TPSA) is 113 Å². The molecule has 5 rings (SSSR count). The standard InChI is InChI=1S/C22H21F4N7O2S/c1-10(12-5-13(23)7-27-6-12)28-20-31-15(16-17(32-20)29-11(2)36-16)18(34)33-8-14(9-33)30-19(35)21(3-4-21)22(24,25)26/h5-7,10,14H,3-4,8-9H2,1-2H3,(H,30,35)(H,28,31,32)/t10-/m0/s1. The zero-order valence-electron chi connectivity index (χ0n) is 19.2. The lowest BCUT2D eigenvalue weighted by molar-refractivity contribution is -0.193. The zero-order valence-corrected chi connectivity index (χ0v) is 20.0. The molecule has 3 aromatic heterocycles. The van der Waals surface area contributed by atoms with Crippen LogP contribution in [-0.2, 0) is 4.79 Å². The van der Waals surface area contributed by atoms with E-state index in [2.05, 4.69) is 30.6 Å². The van der Waals surface area contributed by atoms with Crippen molar-refractivity contribution >= 4 is 39.4 Å². The predicted molar refractivity (Wildman–Crippen MR) is 122 cm³/mol. The van der Waals surface area contributed by atoms with Gasteiger partial charge in [0.1, 0.15) is 15.9 Å². The second-order valence-corrected chi connectivity index (χ2v) is 10.2. The van der Waals surface area contributed by atoms with Crippen molar-refractivity contribution in [2.75, 3.05) is 18.4 Å². The van der Waals surface area contributed by atoms with Gasteiger partial charge in [0.05, 0.1) is 23.3 Å². The van der Waals surface area contributed by atoms with Crippen LogP contribution in [0.4, 0.5) is 23.5 Å². The summed E-state index contributed by atoms with van der Waals surface area (Å²) in [4.78, 5) is 43.8. The average molecular weight is 524 g/mol. The minimum absolute atomic E-state index is 0.0654. The first kappa shape index (κ1) is 24.3. The van der Waals surface area contributed by atoms with E-state index in [-0.39, 0.29) is 37.6 Å². The molecule has 4 heterocycles. The number of rotatable bonds is 6. The Kier molecular flexibility index (Phi) is 5.80. The number of nitrogens with zero attached hydrogens (tertiary/aromatic N) is 5. The van der Waals surface area contributed by atoms with E-state index in [1.54, 1.807) is 13.8 Å². The van der Waals surface area contributed by atoms with E-state index in [0.29, 0.717) is 20.9 Å². The van der Waals surface area contributed by atoms with E-state index in [1.807, 2.05) is 0 Å². The molecule has 1 aliphatic heterocycles. The normalized spacial score (nSPS) is 18.0. The van der Waals surface area contributed by atoms with Crippen LogP contribution in [0.1, 0.15) is 46.9 Å². The van der Waals surface area contributed by atoms with Crippen LogP contribution < -0.4 is 10.6 Å². The summed E-state index contributed by atoms with van der Waals surface area (Å²) in [6, 6.07) is 0.321. The predicted octanol–water partition coefficient (Wildman–Crippen LogP) is 3.39. The second kappa shape index (κ2) is 8.61. The van der Waals surface area contributed by atoms with Gasteiger partial charge in [-0.05, 0) is 38.3 Å². The van der Waals surface area contributed by atoms with Gasteiger partial charge in [0.25, 0.3) is 5.91 Å². The molecular weight excluding hydrogens is 502 g/mol. The van der Waals surface area contributed by atoms with Crippen LogP contribution in [0, 0.1) is 18.2 Å². The Labute approximate surface area is 206 Å². The van der Waals surface area contributed by atoms with Gasteiger partial charge < -0.3 is 15.5 Å². The van der Waals surface area contributed by atoms with Crippen molar-refractivity contribution in [3.8, 4) is 0 Å². The van der Waals surface area contributed by atoms with Crippen molar-refractivity contribution in [3.63, 3.8) is 0 Å². The number of carbonyl (C=O) groups is 2. The van der Waals surface area contributed by atoms with Gasteiger partial charge in [-0.1, -0.05) is 0 Å². The lowest BCUT2D eigenvalue weighted by Gasteiger charge is -2.40. The summed E-state index contributed by atoms with van der Waals surface area (Å²) in [6.45, 7) is 3.65. The van der Waals surface area contributed by atoms with Crippen LogP contribution in [0.2, 0.25) is 0 Å². The smallest absolute Gasteiger partial charge is 0.349 e. The van der Waals surface area contributed by atoms with E-state index in [4.69, 9.17) is 0 Å². The summed E-state index contributed by atoms with van der Waals surface area (Å²) in [5, 5.41) is 6.12. The Bertz CT molecular complexity index is 1350. The van der Waals surface area contributed by atoms with Gasteiger partial charge in [-0.25, -0.2) is 14.4 Å². The van der Waals surface area contributed by atoms with Gasteiger partial charge in [-0.2, -0.15) is 18.2 Å². The fourth-order valence-corrected chi connectivity index (χ4v) is 4.89. The number of nitrogens with one attached hydrogen (secondary N) is 2. The Hall–Kier alpha value is -3.42. The van der Waals surface area contributed by atoms with Crippen LogP contribution in [0.15, 0.2) is 18.5 Å². The van der Waals surface area contributed by atoms with Crippen LogP contribution in [0.3, 0.4) is 0 Å². The zero-order chi connectivity index (χ0) is 25.8. The highest BCUT2D eigenvalue weighted by molar-refractivity contribution is 7.18. The van der Waals surface area contributed by atoms with E-state index in [0.717, 1.165) is 6.20 Å². The maximum absolute atomic E-state index is 13.6. The molecule has 190 valence electrons.